The Balaban J connectivity index is 2.13. The van der Waals surface area contributed by atoms with E-state index in [4.69, 9.17) is 5.11 Å². The summed E-state index contributed by atoms with van der Waals surface area (Å²) in [5.41, 5.74) is 0. The minimum absolute atomic E-state index is 0.461. The molecule has 126 valence electrons. The number of alkyl halides is 2. The number of hydrogen-bond acceptors (Lipinski definition) is 3. The first-order valence-electron chi connectivity index (χ1n) is 7.49. The summed E-state index contributed by atoms with van der Waals surface area (Å²) >= 11 is 1.39. The predicted octanol–water partition coefficient (Wildman–Crippen LogP) is 3.32. The fourth-order valence-corrected chi connectivity index (χ4v) is 4.11. The number of rotatable bonds is 7. The highest BCUT2D eigenvalue weighted by Crippen LogP contribution is 2.45. The first-order chi connectivity index (χ1) is 10.9. The van der Waals surface area contributed by atoms with Crippen LogP contribution in [0.15, 0.2) is 35.2 Å². The van der Waals surface area contributed by atoms with E-state index in [-0.39, 0.29) is 0 Å². The first kappa shape index (κ1) is 17.7. The Labute approximate surface area is 137 Å². The van der Waals surface area contributed by atoms with Gasteiger partial charge >= 0.3 is 5.97 Å². The van der Waals surface area contributed by atoms with Crippen molar-refractivity contribution in [1.29, 1.82) is 0 Å². The van der Waals surface area contributed by atoms with Gasteiger partial charge in [0.25, 0.3) is 0 Å². The van der Waals surface area contributed by atoms with Crippen LogP contribution < -0.4 is 5.32 Å². The van der Waals surface area contributed by atoms with Crippen molar-refractivity contribution in [3.63, 3.8) is 0 Å². The zero-order valence-corrected chi connectivity index (χ0v) is 13.3. The van der Waals surface area contributed by atoms with Crippen LogP contribution in [0.2, 0.25) is 0 Å². The van der Waals surface area contributed by atoms with Crippen LogP contribution in [0, 0.1) is 0 Å². The molecule has 1 aliphatic carbocycles. The normalized spacial score (nSPS) is 17.9. The smallest absolute Gasteiger partial charge is 0.326 e. The Hall–Kier alpha value is -1.63. The molecule has 1 aromatic rings. The zero-order chi connectivity index (χ0) is 16.9. The Bertz CT molecular complexity index is 548. The number of carboxylic acids is 1. The largest absolute Gasteiger partial charge is 0.480 e. The monoisotopic (exact) mass is 343 g/mol. The van der Waals surface area contributed by atoms with Gasteiger partial charge < -0.3 is 10.4 Å². The van der Waals surface area contributed by atoms with E-state index in [1.807, 2.05) is 30.3 Å². The summed E-state index contributed by atoms with van der Waals surface area (Å²) in [7, 11) is 0. The van der Waals surface area contributed by atoms with E-state index in [1.54, 1.807) is 0 Å². The highest BCUT2D eigenvalue weighted by atomic mass is 32.2. The molecule has 1 aliphatic rings. The summed E-state index contributed by atoms with van der Waals surface area (Å²) in [5, 5.41) is 11.3. The molecule has 0 radical (unpaired) electrons. The molecule has 2 rings (SSSR count). The van der Waals surface area contributed by atoms with Gasteiger partial charge in [-0.05, 0) is 25.0 Å². The molecular formula is C16H19F2NO3S. The molecule has 1 atom stereocenters. The summed E-state index contributed by atoms with van der Waals surface area (Å²) in [5.74, 6) is -1.89. The van der Waals surface area contributed by atoms with Crippen molar-refractivity contribution in [3.05, 3.63) is 30.3 Å². The van der Waals surface area contributed by atoms with Crippen molar-refractivity contribution in [1.82, 2.24) is 5.32 Å². The van der Waals surface area contributed by atoms with Crippen LogP contribution in [-0.4, -0.2) is 34.2 Å². The maximum Gasteiger partial charge on any atom is 0.326 e. The second-order valence-corrected chi connectivity index (χ2v) is 7.06. The molecule has 2 N–H and O–H groups in total. The first-order valence-corrected chi connectivity index (χ1v) is 8.30. The molecule has 1 amide bonds. The zero-order valence-electron chi connectivity index (χ0n) is 12.5. The lowest BCUT2D eigenvalue weighted by atomic mass is 10.1. The molecule has 0 aromatic heterocycles. The Morgan fingerprint density at radius 2 is 1.83 bits per heavy atom. The number of aliphatic carboxylic acids is 1. The van der Waals surface area contributed by atoms with Crippen LogP contribution >= 0.6 is 11.8 Å². The van der Waals surface area contributed by atoms with Crippen LogP contribution in [0.4, 0.5) is 8.78 Å². The van der Waals surface area contributed by atoms with E-state index in [0.717, 1.165) is 17.7 Å². The van der Waals surface area contributed by atoms with Crippen LogP contribution in [0.5, 0.6) is 0 Å². The number of amides is 1. The molecule has 23 heavy (non-hydrogen) atoms. The van der Waals surface area contributed by atoms with Crippen LogP contribution in [0.3, 0.4) is 0 Å². The van der Waals surface area contributed by atoms with Crippen LogP contribution in [-0.2, 0) is 9.59 Å². The lowest BCUT2D eigenvalue weighted by Crippen LogP contribution is -2.50. The molecule has 0 aliphatic heterocycles. The standard InChI is InChI=1S/C16H19F2NO3S/c17-13(18)10-12(14(20)21)19-15(22)16(8-4-5-9-16)23-11-6-2-1-3-7-11/h1-3,6-7,12-13H,4-5,8-10H2,(H,19,22)(H,20,21). The maximum atomic E-state index is 12.6. The number of carbonyl (C=O) groups excluding carboxylic acids is 1. The molecule has 7 heteroatoms. The van der Waals surface area contributed by atoms with Crippen molar-refractivity contribution in [2.24, 2.45) is 0 Å². The fourth-order valence-electron chi connectivity index (χ4n) is 2.73. The quantitative estimate of drug-likeness (QED) is 0.797. The van der Waals surface area contributed by atoms with E-state index in [2.05, 4.69) is 5.32 Å². The van der Waals surface area contributed by atoms with Gasteiger partial charge in [-0.1, -0.05) is 31.0 Å². The molecule has 1 unspecified atom stereocenters. The third-order valence-corrected chi connectivity index (χ3v) is 5.39. The van der Waals surface area contributed by atoms with Gasteiger partial charge in [0.15, 0.2) is 0 Å². The minimum Gasteiger partial charge on any atom is -0.480 e. The third-order valence-electron chi connectivity index (χ3n) is 3.90. The maximum absolute atomic E-state index is 12.6. The highest BCUT2D eigenvalue weighted by Gasteiger charge is 2.43. The van der Waals surface area contributed by atoms with Gasteiger partial charge in [-0.15, -0.1) is 11.8 Å². The fraction of sp³-hybridized carbons (Fsp3) is 0.500. The van der Waals surface area contributed by atoms with E-state index in [0.29, 0.717) is 12.8 Å². The SMILES string of the molecule is O=C(O)C(CC(F)F)NC(=O)C1(Sc2ccccc2)CCCC1. The van der Waals surface area contributed by atoms with E-state index in [1.165, 1.54) is 11.8 Å². The number of thioether (sulfide) groups is 1. The van der Waals surface area contributed by atoms with Gasteiger partial charge in [0.05, 0.1) is 4.75 Å². The lowest BCUT2D eigenvalue weighted by molar-refractivity contribution is -0.143. The number of nitrogens with one attached hydrogen (secondary N) is 1. The third kappa shape index (κ3) is 4.67. The summed E-state index contributed by atoms with van der Waals surface area (Å²) in [6.45, 7) is 0. The lowest BCUT2D eigenvalue weighted by Gasteiger charge is -2.28. The average molecular weight is 343 g/mol. The second-order valence-electron chi connectivity index (χ2n) is 5.61. The van der Waals surface area contributed by atoms with Crippen molar-refractivity contribution in [2.75, 3.05) is 0 Å². The van der Waals surface area contributed by atoms with Gasteiger partial charge in [-0.2, -0.15) is 0 Å². The van der Waals surface area contributed by atoms with Gasteiger partial charge in [0.2, 0.25) is 12.3 Å². The van der Waals surface area contributed by atoms with Gasteiger partial charge in [-0.3, -0.25) is 4.79 Å². The number of benzene rings is 1. The van der Waals surface area contributed by atoms with Crippen molar-refractivity contribution in [2.45, 2.75) is 54.2 Å². The summed E-state index contributed by atoms with van der Waals surface area (Å²) in [4.78, 5) is 24.6. The number of carbonyl (C=O) groups is 2. The van der Waals surface area contributed by atoms with Crippen molar-refractivity contribution >= 4 is 23.6 Å². The molecule has 1 aromatic carbocycles. The molecule has 0 bridgehead atoms. The minimum atomic E-state index is -2.78. The topological polar surface area (TPSA) is 66.4 Å². The number of hydrogen-bond donors (Lipinski definition) is 2. The van der Waals surface area contributed by atoms with Crippen molar-refractivity contribution in [3.8, 4) is 0 Å². The number of carboxylic acid groups (broad SMARTS) is 1. The summed E-state index contributed by atoms with van der Waals surface area (Å²) in [6, 6.07) is 7.79. The Morgan fingerprint density at radius 1 is 1.22 bits per heavy atom. The molecule has 1 fully saturated rings. The van der Waals surface area contributed by atoms with Crippen LogP contribution in [0.1, 0.15) is 32.1 Å². The Morgan fingerprint density at radius 3 is 2.35 bits per heavy atom. The molecule has 0 heterocycles. The average Bonchev–Trinajstić information content (AvgIpc) is 2.96. The summed E-state index contributed by atoms with van der Waals surface area (Å²) in [6.07, 6.45) is -0.719. The van der Waals surface area contributed by atoms with Gasteiger partial charge in [0, 0.05) is 11.3 Å². The van der Waals surface area contributed by atoms with E-state index in [9.17, 15) is 18.4 Å². The molecule has 1 saturated carbocycles. The van der Waals surface area contributed by atoms with Gasteiger partial charge in [-0.25, -0.2) is 13.6 Å². The Kier molecular flexibility index (Phi) is 5.98. The molecule has 0 spiro atoms. The number of halogens is 2. The van der Waals surface area contributed by atoms with E-state index < -0.39 is 35.5 Å². The van der Waals surface area contributed by atoms with E-state index >= 15 is 0 Å². The molecule has 0 saturated heterocycles. The second kappa shape index (κ2) is 7.77. The van der Waals surface area contributed by atoms with Gasteiger partial charge in [0.1, 0.15) is 6.04 Å². The molecule has 4 nitrogen and oxygen atoms in total. The summed E-state index contributed by atoms with van der Waals surface area (Å²) < 4.78 is 24.2. The molecular weight excluding hydrogens is 324 g/mol. The van der Waals surface area contributed by atoms with Crippen LogP contribution in [0.25, 0.3) is 0 Å². The van der Waals surface area contributed by atoms with Crippen molar-refractivity contribution < 1.29 is 23.5 Å². The predicted molar refractivity (Wildman–Crippen MR) is 83.7 cm³/mol. The highest BCUT2D eigenvalue weighted by molar-refractivity contribution is 8.01.